The number of benzene rings is 2. The third-order valence-corrected chi connectivity index (χ3v) is 5.74. The normalized spacial score (nSPS) is 13.9. The number of amides is 2. The Morgan fingerprint density at radius 2 is 1.92 bits per heavy atom. The van der Waals surface area contributed by atoms with Crippen molar-refractivity contribution in [1.29, 1.82) is 5.26 Å². The molecule has 37 heavy (non-hydrogen) atoms. The van der Waals surface area contributed by atoms with Gasteiger partial charge in [0, 0.05) is 19.3 Å². The number of hydrogen-bond donors (Lipinski definition) is 4. The van der Waals surface area contributed by atoms with E-state index in [1.165, 1.54) is 6.08 Å². The highest BCUT2D eigenvalue weighted by molar-refractivity contribution is 6.43. The monoisotopic (exact) mass is 503 g/mol. The number of ether oxygens (including phenoxy) is 2. The minimum Gasteiger partial charge on any atom is -0.493 e. The Bertz CT molecular complexity index is 1150. The molecule has 0 saturated carbocycles. The maximum Gasteiger partial charge on any atom is 0.475 e. The van der Waals surface area contributed by atoms with Gasteiger partial charge in [-0.2, -0.15) is 5.26 Å². The first-order chi connectivity index (χ1) is 17.9. The first-order valence-electron chi connectivity index (χ1n) is 12.1. The van der Waals surface area contributed by atoms with Gasteiger partial charge in [-0.05, 0) is 48.6 Å². The molecule has 0 aromatic heterocycles. The molecule has 0 aliphatic carbocycles. The van der Waals surface area contributed by atoms with Crippen molar-refractivity contribution in [2.45, 2.75) is 37.7 Å². The average molecular weight is 503 g/mol. The SMILES string of the molecule is N#CC(=C=Cc1cccc(OCCC(=O)N[C@@H](Cc2ccccc2)B(O)O)c1)C(=O)NC1CCOCC1. The van der Waals surface area contributed by atoms with Crippen LogP contribution in [0.1, 0.15) is 30.4 Å². The second-order valence-corrected chi connectivity index (χ2v) is 8.58. The van der Waals surface area contributed by atoms with Crippen molar-refractivity contribution in [2.75, 3.05) is 19.8 Å². The summed E-state index contributed by atoms with van der Waals surface area (Å²) in [6.07, 6.45) is 3.24. The fourth-order valence-corrected chi connectivity index (χ4v) is 3.74. The van der Waals surface area contributed by atoms with E-state index in [0.29, 0.717) is 37.4 Å². The highest BCUT2D eigenvalue weighted by Crippen LogP contribution is 2.15. The number of rotatable bonds is 11. The molecule has 3 rings (SSSR count). The summed E-state index contributed by atoms with van der Waals surface area (Å²) < 4.78 is 10.9. The van der Waals surface area contributed by atoms with E-state index >= 15 is 0 Å². The van der Waals surface area contributed by atoms with Gasteiger partial charge in [0.1, 0.15) is 11.8 Å². The summed E-state index contributed by atoms with van der Waals surface area (Å²) >= 11 is 0. The molecule has 1 aliphatic rings. The maximum atomic E-state index is 12.4. The quantitative estimate of drug-likeness (QED) is 0.158. The molecule has 1 fully saturated rings. The molecule has 2 aromatic rings. The van der Waals surface area contributed by atoms with Crippen LogP contribution in [-0.2, 0) is 20.7 Å². The Morgan fingerprint density at radius 3 is 2.62 bits per heavy atom. The van der Waals surface area contributed by atoms with Crippen LogP contribution in [0.3, 0.4) is 0 Å². The van der Waals surface area contributed by atoms with Crippen LogP contribution in [0.5, 0.6) is 5.75 Å². The van der Waals surface area contributed by atoms with E-state index in [9.17, 15) is 24.9 Å². The molecule has 4 N–H and O–H groups in total. The van der Waals surface area contributed by atoms with Gasteiger partial charge >= 0.3 is 7.12 Å². The summed E-state index contributed by atoms with van der Waals surface area (Å²) in [5.74, 6) is -1.19. The van der Waals surface area contributed by atoms with E-state index < -0.39 is 19.0 Å². The average Bonchev–Trinajstić information content (AvgIpc) is 2.90. The molecular weight excluding hydrogens is 473 g/mol. The van der Waals surface area contributed by atoms with Crippen molar-refractivity contribution in [3.05, 3.63) is 77.0 Å². The molecule has 0 radical (unpaired) electrons. The van der Waals surface area contributed by atoms with Crippen molar-refractivity contribution >= 4 is 25.0 Å². The van der Waals surface area contributed by atoms with Gasteiger partial charge in [0.05, 0.1) is 19.0 Å². The number of carbonyl (C=O) groups is 2. The van der Waals surface area contributed by atoms with Gasteiger partial charge in [-0.1, -0.05) is 48.2 Å². The Kier molecular flexibility index (Phi) is 11.0. The predicted octanol–water partition coefficient (Wildman–Crippen LogP) is 1.55. The van der Waals surface area contributed by atoms with Crippen molar-refractivity contribution in [3.8, 4) is 11.8 Å². The zero-order valence-corrected chi connectivity index (χ0v) is 20.4. The van der Waals surface area contributed by atoms with Crippen LogP contribution in [0.25, 0.3) is 6.08 Å². The smallest absolute Gasteiger partial charge is 0.475 e. The number of nitrogens with zero attached hydrogens (tertiary/aromatic N) is 1. The number of nitriles is 1. The van der Waals surface area contributed by atoms with Crippen LogP contribution in [0, 0.1) is 11.3 Å². The van der Waals surface area contributed by atoms with Gasteiger partial charge in [0.25, 0.3) is 5.91 Å². The molecule has 10 heteroatoms. The van der Waals surface area contributed by atoms with Gasteiger partial charge in [0.2, 0.25) is 5.91 Å². The van der Waals surface area contributed by atoms with Crippen LogP contribution in [-0.4, -0.2) is 60.8 Å². The van der Waals surface area contributed by atoms with Crippen molar-refractivity contribution in [2.24, 2.45) is 0 Å². The van der Waals surface area contributed by atoms with Crippen LogP contribution in [0.4, 0.5) is 0 Å². The van der Waals surface area contributed by atoms with E-state index in [-0.39, 0.29) is 37.0 Å². The van der Waals surface area contributed by atoms with E-state index in [2.05, 4.69) is 16.4 Å². The largest absolute Gasteiger partial charge is 0.493 e. The zero-order chi connectivity index (χ0) is 26.5. The van der Waals surface area contributed by atoms with Gasteiger partial charge in [-0.25, -0.2) is 0 Å². The molecule has 1 atom stereocenters. The van der Waals surface area contributed by atoms with Crippen molar-refractivity contribution in [3.63, 3.8) is 0 Å². The zero-order valence-electron chi connectivity index (χ0n) is 20.4. The minimum absolute atomic E-state index is 0.0168. The van der Waals surface area contributed by atoms with Crippen LogP contribution in [0.15, 0.2) is 65.9 Å². The van der Waals surface area contributed by atoms with Crippen LogP contribution >= 0.6 is 0 Å². The molecule has 0 spiro atoms. The number of hydrogen-bond acceptors (Lipinski definition) is 7. The summed E-state index contributed by atoms with van der Waals surface area (Å²) in [6, 6.07) is 18.0. The van der Waals surface area contributed by atoms with Gasteiger partial charge < -0.3 is 30.2 Å². The lowest BCUT2D eigenvalue weighted by atomic mass is 9.76. The summed E-state index contributed by atoms with van der Waals surface area (Å²) in [4.78, 5) is 24.7. The third-order valence-electron chi connectivity index (χ3n) is 5.74. The Balaban J connectivity index is 1.51. The molecule has 0 unspecified atom stereocenters. The highest BCUT2D eigenvalue weighted by Gasteiger charge is 2.25. The maximum absolute atomic E-state index is 12.4. The van der Waals surface area contributed by atoms with Crippen molar-refractivity contribution in [1.82, 2.24) is 10.6 Å². The number of nitrogens with one attached hydrogen (secondary N) is 2. The van der Waals surface area contributed by atoms with Crippen molar-refractivity contribution < 1.29 is 29.1 Å². The fraction of sp³-hybridized carbons (Fsp3) is 0.333. The lowest BCUT2D eigenvalue weighted by molar-refractivity contribution is -0.122. The Labute approximate surface area is 216 Å². The first kappa shape index (κ1) is 27.7. The summed E-state index contributed by atoms with van der Waals surface area (Å²) in [6.45, 7) is 1.24. The molecule has 192 valence electrons. The fourth-order valence-electron chi connectivity index (χ4n) is 3.74. The summed E-state index contributed by atoms with van der Waals surface area (Å²) in [5, 5.41) is 34.1. The summed E-state index contributed by atoms with van der Waals surface area (Å²) in [7, 11) is -1.70. The molecule has 0 bridgehead atoms. The topological polar surface area (TPSA) is 141 Å². The first-order valence-corrected chi connectivity index (χ1v) is 12.1. The van der Waals surface area contributed by atoms with E-state index in [4.69, 9.17) is 9.47 Å². The molecular formula is C27H30BN3O6. The molecule has 1 saturated heterocycles. The van der Waals surface area contributed by atoms with E-state index in [0.717, 1.165) is 5.56 Å². The Hall–Kier alpha value is -3.87. The minimum atomic E-state index is -1.70. The van der Waals surface area contributed by atoms with Crippen LogP contribution < -0.4 is 15.4 Å². The van der Waals surface area contributed by atoms with Gasteiger partial charge in [-0.3, -0.25) is 9.59 Å². The lowest BCUT2D eigenvalue weighted by Crippen LogP contribution is -2.48. The molecule has 2 amide bonds. The van der Waals surface area contributed by atoms with E-state index in [1.807, 2.05) is 36.4 Å². The van der Waals surface area contributed by atoms with E-state index in [1.54, 1.807) is 24.3 Å². The highest BCUT2D eigenvalue weighted by atomic mass is 16.5. The summed E-state index contributed by atoms with van der Waals surface area (Å²) in [5.41, 5.74) is 4.17. The third kappa shape index (κ3) is 9.60. The second kappa shape index (κ2) is 14.6. The van der Waals surface area contributed by atoms with Crippen LogP contribution in [0.2, 0.25) is 0 Å². The predicted molar refractivity (Wildman–Crippen MR) is 138 cm³/mol. The molecule has 1 heterocycles. The molecule has 1 aliphatic heterocycles. The lowest BCUT2D eigenvalue weighted by Gasteiger charge is -2.22. The number of carbonyl (C=O) groups excluding carboxylic acids is 2. The van der Waals surface area contributed by atoms with Gasteiger partial charge in [0.15, 0.2) is 5.57 Å². The Morgan fingerprint density at radius 1 is 1.16 bits per heavy atom. The molecule has 9 nitrogen and oxygen atoms in total. The molecule has 2 aromatic carbocycles. The second-order valence-electron chi connectivity index (χ2n) is 8.58. The van der Waals surface area contributed by atoms with Gasteiger partial charge in [-0.15, -0.1) is 0 Å². The standard InChI is InChI=1S/C27H30BN3O6/c29-19-22(27(33)30-23-11-14-36-15-12-23)10-9-21-7-4-8-24(17-21)37-16-13-26(32)31-25(28(34)35)18-20-5-2-1-3-6-20/h1-9,17,23,25,34-35H,11-16,18H2,(H,30,33)(H,31,32)/t10?,25-/m0/s1.